The number of halogens is 1. The Morgan fingerprint density at radius 2 is 1.93 bits per heavy atom. The largest absolute Gasteiger partial charge is 0.399 e. The smallest absolute Gasteiger partial charge is 0.187 e. The molecule has 0 saturated heterocycles. The summed E-state index contributed by atoms with van der Waals surface area (Å²) in [6.45, 7) is 4.06. The summed E-state index contributed by atoms with van der Waals surface area (Å²) >= 11 is 5.81. The van der Waals surface area contributed by atoms with Gasteiger partial charge < -0.3 is 15.4 Å². The Kier molecular flexibility index (Phi) is 7.77. The van der Waals surface area contributed by atoms with E-state index in [1.165, 1.54) is 19.4 Å². The van der Waals surface area contributed by atoms with Gasteiger partial charge in [-0.15, -0.1) is 0 Å². The van der Waals surface area contributed by atoms with E-state index in [4.69, 9.17) is 27.0 Å². The molecule has 146 valence electrons. The Bertz CT molecular complexity index is 919. The Balaban J connectivity index is 2.03. The monoisotopic (exact) mass is 399 g/mol. The lowest BCUT2D eigenvalue weighted by atomic mass is 10.00. The zero-order valence-electron chi connectivity index (χ0n) is 16.0. The molecule has 2 aromatic rings. The van der Waals surface area contributed by atoms with E-state index >= 15 is 0 Å². The number of rotatable bonds is 8. The Morgan fingerprint density at radius 1 is 1.21 bits per heavy atom. The van der Waals surface area contributed by atoms with Crippen LogP contribution in [0.1, 0.15) is 34.0 Å². The van der Waals surface area contributed by atoms with Crippen LogP contribution in [-0.2, 0) is 16.3 Å². The molecule has 0 spiro atoms. The van der Waals surface area contributed by atoms with Crippen LogP contribution in [0.2, 0.25) is 5.02 Å². The molecule has 0 atom stereocenters. The quantitative estimate of drug-likeness (QED) is 0.311. The van der Waals surface area contributed by atoms with Crippen molar-refractivity contribution in [2.24, 2.45) is 16.0 Å². The van der Waals surface area contributed by atoms with E-state index in [1.54, 1.807) is 24.3 Å². The number of oxime groups is 2. The van der Waals surface area contributed by atoms with Crippen LogP contribution in [0.3, 0.4) is 0 Å². The molecule has 0 unspecified atom stereocenters. The van der Waals surface area contributed by atoms with Gasteiger partial charge in [-0.3, -0.25) is 4.79 Å². The minimum atomic E-state index is -0.242. The van der Waals surface area contributed by atoms with E-state index in [-0.39, 0.29) is 18.1 Å². The molecule has 2 rings (SSSR count). The molecule has 0 amide bonds. The van der Waals surface area contributed by atoms with Gasteiger partial charge in [0.05, 0.1) is 17.6 Å². The number of hydrogen-bond donors (Lipinski definition) is 1. The molecule has 0 aliphatic carbocycles. The summed E-state index contributed by atoms with van der Waals surface area (Å²) in [5.74, 6) is -0.242. The maximum absolute atomic E-state index is 12.1. The molecule has 7 heteroatoms. The average Bonchev–Trinajstić information content (AvgIpc) is 2.66. The van der Waals surface area contributed by atoms with Crippen molar-refractivity contribution in [1.29, 1.82) is 0 Å². The molecule has 0 heterocycles. The molecule has 0 bridgehead atoms. The first-order valence-electron chi connectivity index (χ1n) is 8.51. The van der Waals surface area contributed by atoms with Crippen molar-refractivity contribution in [3.05, 3.63) is 81.5 Å². The maximum atomic E-state index is 12.1. The number of carbonyl (C=O) groups excluding carboxylic acids is 1. The van der Waals surface area contributed by atoms with Crippen LogP contribution in [0.5, 0.6) is 0 Å². The first-order valence-corrected chi connectivity index (χ1v) is 8.89. The molecular weight excluding hydrogens is 378 g/mol. The van der Waals surface area contributed by atoms with E-state index in [1.807, 2.05) is 32.0 Å². The summed E-state index contributed by atoms with van der Waals surface area (Å²) < 4.78 is 0. The van der Waals surface area contributed by atoms with Crippen molar-refractivity contribution < 1.29 is 14.5 Å². The van der Waals surface area contributed by atoms with Gasteiger partial charge >= 0.3 is 0 Å². The highest BCUT2D eigenvalue weighted by atomic mass is 35.5. The zero-order chi connectivity index (χ0) is 20.5. The Hall–Kier alpha value is -3.12. The van der Waals surface area contributed by atoms with Gasteiger partial charge in [0.15, 0.2) is 5.78 Å². The van der Waals surface area contributed by atoms with E-state index in [2.05, 4.69) is 10.3 Å². The summed E-state index contributed by atoms with van der Waals surface area (Å²) in [5.41, 5.74) is 10.1. The van der Waals surface area contributed by atoms with Crippen LogP contribution in [0, 0.1) is 6.92 Å². The van der Waals surface area contributed by atoms with Crippen molar-refractivity contribution >= 4 is 29.3 Å². The number of nitrogens with zero attached hydrogens (tertiary/aromatic N) is 2. The maximum Gasteiger partial charge on any atom is 0.187 e. The third-order valence-electron chi connectivity index (χ3n) is 3.94. The highest BCUT2D eigenvalue weighted by Crippen LogP contribution is 2.17. The van der Waals surface area contributed by atoms with Gasteiger partial charge in [-0.2, -0.15) is 0 Å². The highest BCUT2D eigenvalue weighted by Gasteiger charge is 2.09. The molecule has 0 aliphatic rings. The van der Waals surface area contributed by atoms with Crippen molar-refractivity contribution in [2.75, 3.05) is 7.11 Å². The van der Waals surface area contributed by atoms with Gasteiger partial charge in [-0.1, -0.05) is 40.1 Å². The van der Waals surface area contributed by atoms with E-state index in [0.29, 0.717) is 10.6 Å². The number of hydrogen-bond acceptors (Lipinski definition) is 6. The Morgan fingerprint density at radius 3 is 2.61 bits per heavy atom. The van der Waals surface area contributed by atoms with Gasteiger partial charge in [0.2, 0.25) is 0 Å². The minimum Gasteiger partial charge on any atom is -0.399 e. The second kappa shape index (κ2) is 10.3. The molecular formula is C21H22ClN3O3. The summed E-state index contributed by atoms with van der Waals surface area (Å²) in [4.78, 5) is 22.3. The second-order valence-electron chi connectivity index (χ2n) is 5.98. The van der Waals surface area contributed by atoms with Crippen LogP contribution >= 0.6 is 11.6 Å². The summed E-state index contributed by atoms with van der Waals surface area (Å²) in [7, 11) is 1.50. The normalized spacial score (nSPS) is 12.3. The number of aryl methyl sites for hydroxylation is 1. The molecule has 0 saturated carbocycles. The fraction of sp³-hybridized carbons (Fsp3) is 0.190. The molecule has 2 N–H and O–H groups in total. The van der Waals surface area contributed by atoms with Crippen molar-refractivity contribution in [3.63, 3.8) is 0 Å². The van der Waals surface area contributed by atoms with Crippen LogP contribution in [0.25, 0.3) is 0 Å². The first kappa shape index (κ1) is 21.2. The predicted molar refractivity (Wildman–Crippen MR) is 112 cm³/mol. The topological polar surface area (TPSA) is 86.3 Å². The third-order valence-corrected chi connectivity index (χ3v) is 4.19. The first-order chi connectivity index (χ1) is 13.4. The van der Waals surface area contributed by atoms with Gasteiger partial charge in [0.25, 0.3) is 0 Å². The molecule has 0 fully saturated rings. The van der Waals surface area contributed by atoms with E-state index < -0.39 is 0 Å². The number of nitrogens with two attached hydrogens (primary N) is 1. The summed E-state index contributed by atoms with van der Waals surface area (Å²) in [6.07, 6.45) is 2.58. The minimum absolute atomic E-state index is 0.182. The van der Waals surface area contributed by atoms with Gasteiger partial charge in [0.1, 0.15) is 13.7 Å². The number of allylic oxidation sites excluding steroid dienone is 2. The van der Waals surface area contributed by atoms with Gasteiger partial charge in [-0.25, -0.2) is 0 Å². The lowest BCUT2D eigenvalue weighted by molar-refractivity contribution is 0.104. The summed E-state index contributed by atoms with van der Waals surface area (Å²) in [6, 6.07) is 12.4. The highest BCUT2D eigenvalue weighted by molar-refractivity contribution is 6.30. The fourth-order valence-electron chi connectivity index (χ4n) is 2.51. The molecule has 28 heavy (non-hydrogen) atoms. The molecule has 2 aromatic carbocycles. The van der Waals surface area contributed by atoms with E-state index in [9.17, 15) is 4.79 Å². The van der Waals surface area contributed by atoms with Crippen LogP contribution in [0.4, 0.5) is 0 Å². The van der Waals surface area contributed by atoms with Crippen molar-refractivity contribution in [2.45, 2.75) is 20.5 Å². The molecule has 6 nitrogen and oxygen atoms in total. The fourth-order valence-corrected chi connectivity index (χ4v) is 2.63. The van der Waals surface area contributed by atoms with Crippen LogP contribution in [0.15, 0.2) is 64.5 Å². The molecule has 0 aliphatic heterocycles. The van der Waals surface area contributed by atoms with Gasteiger partial charge in [0, 0.05) is 27.8 Å². The Labute approximate surface area is 169 Å². The number of carbonyl (C=O) groups is 1. The van der Waals surface area contributed by atoms with Crippen LogP contribution < -0.4 is 5.73 Å². The van der Waals surface area contributed by atoms with E-state index in [0.717, 1.165) is 22.4 Å². The summed E-state index contributed by atoms with van der Waals surface area (Å²) in [5, 5.41) is 8.38. The number of ketones is 1. The third kappa shape index (κ3) is 5.96. The zero-order valence-corrected chi connectivity index (χ0v) is 16.7. The lowest BCUT2D eigenvalue weighted by Gasteiger charge is -2.11. The van der Waals surface area contributed by atoms with Crippen molar-refractivity contribution in [3.8, 4) is 0 Å². The second-order valence-corrected chi connectivity index (χ2v) is 6.42. The lowest BCUT2D eigenvalue weighted by Crippen LogP contribution is -2.06. The van der Waals surface area contributed by atoms with Gasteiger partial charge in [-0.05, 0) is 43.7 Å². The molecule has 0 aromatic heterocycles. The predicted octanol–water partition coefficient (Wildman–Crippen LogP) is 4.25. The SMILES string of the molecule is CO/N=C(/C)c1cccc(C)c1CO/N=C/C(N)=C/C(=O)c1ccc(Cl)cc1. The van der Waals surface area contributed by atoms with Crippen LogP contribution in [-0.4, -0.2) is 24.8 Å². The average molecular weight is 400 g/mol. The standard InChI is InChI=1S/C21H22ClN3O3/c1-14-5-4-6-19(15(2)25-27-3)20(14)13-28-24-12-18(23)11-21(26)16-7-9-17(22)10-8-16/h4-12H,13,23H2,1-3H3/b18-11-,24-12+,25-15-. The van der Waals surface area contributed by atoms with Crippen molar-refractivity contribution in [1.82, 2.24) is 0 Å². The molecule has 0 radical (unpaired) electrons. The number of benzene rings is 2.